The van der Waals surface area contributed by atoms with Crippen LogP contribution in [0.4, 0.5) is 0 Å². The van der Waals surface area contributed by atoms with Crippen LogP contribution in [0.25, 0.3) is 0 Å². The molecule has 4 nitrogen and oxygen atoms in total. The molecule has 0 saturated carbocycles. The standard InChI is InChI=1S/C21H21N3O/c1-15-12-18(13-16(2)23-15)21(24-25)14-19(17-8-4-3-5-9-17)20-10-6-7-11-22-20/h3-13,19,25H,14H2,1-2H3/b24-21+. The molecule has 1 atom stereocenters. The summed E-state index contributed by atoms with van der Waals surface area (Å²) in [5.41, 5.74) is 5.44. The number of pyridine rings is 2. The van der Waals surface area contributed by atoms with E-state index in [0.29, 0.717) is 12.1 Å². The Hall–Kier alpha value is -3.01. The van der Waals surface area contributed by atoms with Crippen molar-refractivity contribution in [3.8, 4) is 0 Å². The average Bonchev–Trinajstić information content (AvgIpc) is 2.63. The Kier molecular flexibility index (Phi) is 5.19. The van der Waals surface area contributed by atoms with Crippen LogP contribution in [0.15, 0.2) is 72.0 Å². The third kappa shape index (κ3) is 4.10. The maximum atomic E-state index is 9.65. The second-order valence-electron chi connectivity index (χ2n) is 6.11. The number of aromatic nitrogens is 2. The molecule has 3 rings (SSSR count). The van der Waals surface area contributed by atoms with Gasteiger partial charge in [-0.3, -0.25) is 9.97 Å². The molecule has 1 aromatic carbocycles. The van der Waals surface area contributed by atoms with Gasteiger partial charge in [-0.15, -0.1) is 0 Å². The summed E-state index contributed by atoms with van der Waals surface area (Å²) in [6.07, 6.45) is 2.35. The predicted molar refractivity (Wildman–Crippen MR) is 99.2 cm³/mol. The predicted octanol–water partition coefficient (Wildman–Crippen LogP) is 4.49. The smallest absolute Gasteiger partial charge is 0.0879 e. The normalized spacial score (nSPS) is 12.8. The number of aryl methyl sites for hydroxylation is 2. The fraction of sp³-hybridized carbons (Fsp3) is 0.190. The summed E-state index contributed by atoms with van der Waals surface area (Å²) < 4.78 is 0. The van der Waals surface area contributed by atoms with Crippen LogP contribution in [-0.4, -0.2) is 20.9 Å². The summed E-state index contributed by atoms with van der Waals surface area (Å²) in [7, 11) is 0. The minimum atomic E-state index is 0.0158. The van der Waals surface area contributed by atoms with E-state index in [9.17, 15) is 5.21 Å². The molecule has 0 bridgehead atoms. The number of hydrogen-bond donors (Lipinski definition) is 1. The van der Waals surface area contributed by atoms with Gasteiger partial charge in [-0.1, -0.05) is 41.6 Å². The van der Waals surface area contributed by atoms with Crippen molar-refractivity contribution in [1.29, 1.82) is 0 Å². The molecule has 0 amide bonds. The number of hydrogen-bond acceptors (Lipinski definition) is 4. The van der Waals surface area contributed by atoms with Gasteiger partial charge in [-0.05, 0) is 43.7 Å². The molecule has 0 aliphatic heterocycles. The van der Waals surface area contributed by atoms with E-state index in [1.807, 2.05) is 62.4 Å². The second-order valence-corrected chi connectivity index (χ2v) is 6.11. The number of benzene rings is 1. The highest BCUT2D eigenvalue weighted by Gasteiger charge is 2.20. The van der Waals surface area contributed by atoms with E-state index in [0.717, 1.165) is 28.2 Å². The van der Waals surface area contributed by atoms with Gasteiger partial charge in [-0.25, -0.2) is 0 Å². The summed E-state index contributed by atoms with van der Waals surface area (Å²) in [5, 5.41) is 13.2. The van der Waals surface area contributed by atoms with Gasteiger partial charge in [0.2, 0.25) is 0 Å². The van der Waals surface area contributed by atoms with E-state index in [4.69, 9.17) is 0 Å². The molecule has 1 unspecified atom stereocenters. The van der Waals surface area contributed by atoms with Gasteiger partial charge >= 0.3 is 0 Å². The zero-order valence-electron chi connectivity index (χ0n) is 14.4. The molecule has 0 aliphatic rings. The number of rotatable bonds is 5. The Morgan fingerprint density at radius 1 is 1.00 bits per heavy atom. The quantitative estimate of drug-likeness (QED) is 0.425. The Morgan fingerprint density at radius 2 is 1.68 bits per heavy atom. The fourth-order valence-corrected chi connectivity index (χ4v) is 3.07. The van der Waals surface area contributed by atoms with E-state index in [-0.39, 0.29) is 5.92 Å². The van der Waals surface area contributed by atoms with Crippen molar-refractivity contribution in [3.05, 3.63) is 95.1 Å². The molecule has 126 valence electrons. The summed E-state index contributed by atoms with van der Waals surface area (Å²) >= 11 is 0. The third-order valence-electron chi connectivity index (χ3n) is 4.18. The molecule has 0 spiro atoms. The van der Waals surface area contributed by atoms with Crippen molar-refractivity contribution in [2.45, 2.75) is 26.2 Å². The van der Waals surface area contributed by atoms with Gasteiger partial charge < -0.3 is 5.21 Å². The van der Waals surface area contributed by atoms with Gasteiger partial charge in [0, 0.05) is 41.2 Å². The lowest BCUT2D eigenvalue weighted by atomic mass is 9.88. The van der Waals surface area contributed by atoms with Gasteiger partial charge in [-0.2, -0.15) is 0 Å². The molecule has 0 fully saturated rings. The molecular formula is C21H21N3O. The molecule has 3 aromatic rings. The third-order valence-corrected chi connectivity index (χ3v) is 4.18. The van der Waals surface area contributed by atoms with E-state index >= 15 is 0 Å². The summed E-state index contributed by atoms with van der Waals surface area (Å²) in [5.74, 6) is 0.0158. The van der Waals surface area contributed by atoms with Crippen molar-refractivity contribution in [1.82, 2.24) is 9.97 Å². The molecule has 2 aromatic heterocycles. The van der Waals surface area contributed by atoms with Crippen molar-refractivity contribution in [2.75, 3.05) is 0 Å². The van der Waals surface area contributed by atoms with Crippen LogP contribution < -0.4 is 0 Å². The maximum Gasteiger partial charge on any atom is 0.0879 e. The first-order valence-electron chi connectivity index (χ1n) is 8.30. The maximum absolute atomic E-state index is 9.65. The van der Waals surface area contributed by atoms with Gasteiger partial charge in [0.05, 0.1) is 5.71 Å². The zero-order chi connectivity index (χ0) is 17.6. The van der Waals surface area contributed by atoms with E-state index in [2.05, 4.69) is 27.3 Å². The highest BCUT2D eigenvalue weighted by molar-refractivity contribution is 6.01. The highest BCUT2D eigenvalue weighted by atomic mass is 16.4. The van der Waals surface area contributed by atoms with Crippen LogP contribution >= 0.6 is 0 Å². The Labute approximate surface area is 147 Å². The van der Waals surface area contributed by atoms with Crippen molar-refractivity contribution >= 4 is 5.71 Å². The van der Waals surface area contributed by atoms with Gasteiger partial charge in [0.15, 0.2) is 0 Å². The molecule has 0 saturated heterocycles. The molecule has 4 heteroatoms. The average molecular weight is 331 g/mol. The monoisotopic (exact) mass is 331 g/mol. The van der Waals surface area contributed by atoms with Crippen molar-refractivity contribution in [3.63, 3.8) is 0 Å². The molecule has 0 aliphatic carbocycles. The Bertz CT molecular complexity index is 801. The lowest BCUT2D eigenvalue weighted by molar-refractivity contribution is 0.317. The molecule has 0 radical (unpaired) electrons. The van der Waals surface area contributed by atoms with Crippen LogP contribution in [0.1, 0.15) is 40.5 Å². The molecule has 2 heterocycles. The lowest BCUT2D eigenvalue weighted by Crippen LogP contribution is -2.12. The number of oxime groups is 1. The highest BCUT2D eigenvalue weighted by Crippen LogP contribution is 2.28. The molecule has 25 heavy (non-hydrogen) atoms. The second kappa shape index (κ2) is 7.71. The van der Waals surface area contributed by atoms with Gasteiger partial charge in [0.1, 0.15) is 0 Å². The van der Waals surface area contributed by atoms with Crippen LogP contribution in [0.3, 0.4) is 0 Å². The van der Waals surface area contributed by atoms with Crippen molar-refractivity contribution in [2.24, 2.45) is 5.16 Å². The minimum absolute atomic E-state index is 0.0158. The Balaban J connectivity index is 1.99. The van der Waals surface area contributed by atoms with Crippen molar-refractivity contribution < 1.29 is 5.21 Å². The minimum Gasteiger partial charge on any atom is -0.411 e. The SMILES string of the molecule is Cc1cc(/C(CC(c2ccccc2)c2ccccn2)=N/O)cc(C)n1. The topological polar surface area (TPSA) is 58.4 Å². The number of nitrogens with zero attached hydrogens (tertiary/aromatic N) is 3. The first kappa shape index (κ1) is 16.8. The Morgan fingerprint density at radius 3 is 2.28 bits per heavy atom. The molecule has 1 N–H and O–H groups in total. The fourth-order valence-electron chi connectivity index (χ4n) is 3.07. The van der Waals surface area contributed by atoms with Crippen LogP contribution in [0, 0.1) is 13.8 Å². The zero-order valence-corrected chi connectivity index (χ0v) is 14.4. The molecular weight excluding hydrogens is 310 g/mol. The summed E-state index contributed by atoms with van der Waals surface area (Å²) in [6, 6.07) is 20.0. The largest absolute Gasteiger partial charge is 0.411 e. The van der Waals surface area contributed by atoms with Gasteiger partial charge in [0.25, 0.3) is 0 Å². The lowest BCUT2D eigenvalue weighted by Gasteiger charge is -2.18. The first-order chi connectivity index (χ1) is 12.2. The van der Waals surface area contributed by atoms with Crippen LogP contribution in [0.2, 0.25) is 0 Å². The van der Waals surface area contributed by atoms with E-state index < -0.39 is 0 Å². The summed E-state index contributed by atoms with van der Waals surface area (Å²) in [6.45, 7) is 3.89. The van der Waals surface area contributed by atoms with Crippen LogP contribution in [-0.2, 0) is 0 Å². The van der Waals surface area contributed by atoms with E-state index in [1.54, 1.807) is 6.20 Å². The van der Waals surface area contributed by atoms with Crippen LogP contribution in [0.5, 0.6) is 0 Å². The van der Waals surface area contributed by atoms with E-state index in [1.165, 1.54) is 0 Å². The summed E-state index contributed by atoms with van der Waals surface area (Å²) in [4.78, 5) is 8.92. The first-order valence-corrected chi connectivity index (χ1v) is 8.30.